The van der Waals surface area contributed by atoms with Gasteiger partial charge in [-0.05, 0) is 101 Å². The third kappa shape index (κ3) is 7.43. The number of rotatable bonds is 8. The van der Waals surface area contributed by atoms with Crippen LogP contribution in [0.1, 0.15) is 107 Å². The van der Waals surface area contributed by atoms with E-state index in [9.17, 15) is 29.1 Å². The van der Waals surface area contributed by atoms with Gasteiger partial charge in [0.15, 0.2) is 0 Å². The van der Waals surface area contributed by atoms with Crippen LogP contribution < -0.4 is 5.32 Å². The van der Waals surface area contributed by atoms with Crippen molar-refractivity contribution < 1.29 is 48.0 Å². The Bertz CT molecular complexity index is 1160. The minimum Gasteiger partial charge on any atom is -0.481 e. The van der Waals surface area contributed by atoms with Crippen molar-refractivity contribution in [2.75, 3.05) is 6.54 Å². The van der Waals surface area contributed by atoms with E-state index in [-0.39, 0.29) is 84.1 Å². The van der Waals surface area contributed by atoms with E-state index in [1.807, 2.05) is 6.92 Å². The van der Waals surface area contributed by atoms with Crippen LogP contribution in [0.15, 0.2) is 0 Å². The number of carbonyl (C=O) groups is 5. The SMILES string of the molecule is CC(=O)O[C@H]1C[C@H]2[C@@H]([C@H](OC(C)=O)C[C@@H]3C[C@H](OC(=O)CNC(=O)OC(C)(C)C)CC[C@@]32C)[C@@H]2CC[C@H]([C@H](C)CC(=O)O)[C@@]12C. The Morgan fingerprint density at radius 2 is 1.58 bits per heavy atom. The molecule has 11 heteroatoms. The van der Waals surface area contributed by atoms with Gasteiger partial charge in [0.05, 0.1) is 0 Å². The van der Waals surface area contributed by atoms with Crippen LogP contribution in [-0.4, -0.2) is 65.5 Å². The van der Waals surface area contributed by atoms with E-state index in [0.29, 0.717) is 25.7 Å². The first-order valence-electron chi connectivity index (χ1n) is 16.6. The number of hydrogen-bond donors (Lipinski definition) is 2. The second-order valence-electron chi connectivity index (χ2n) is 15.6. The standard InChI is InChI=1S/C34H53NO10/c1-18(13-28(38)39)23-9-10-24-30-25(16-27(34(23,24)8)43-20(3)37)33(7)12-11-22(14-21(33)15-26(30)42-19(2)36)44-29(40)17-35-31(41)45-32(4,5)6/h18,21-27,30H,9-17H2,1-8H3,(H,35,41)(H,38,39)/t18-,21+,22-,23-,24+,25+,26-,27+,30+,33+,34-/m1/s1. The van der Waals surface area contributed by atoms with Crippen LogP contribution in [0.25, 0.3) is 0 Å². The van der Waals surface area contributed by atoms with Crippen LogP contribution >= 0.6 is 0 Å². The lowest BCUT2D eigenvalue weighted by Gasteiger charge is -2.64. The largest absolute Gasteiger partial charge is 0.481 e. The van der Waals surface area contributed by atoms with Crippen molar-refractivity contribution in [3.63, 3.8) is 0 Å². The highest BCUT2D eigenvalue weighted by Crippen LogP contribution is 2.69. The Morgan fingerprint density at radius 3 is 2.18 bits per heavy atom. The maximum atomic E-state index is 12.7. The minimum absolute atomic E-state index is 0.0473. The molecule has 4 aliphatic rings. The molecule has 45 heavy (non-hydrogen) atoms. The third-order valence-corrected chi connectivity index (χ3v) is 11.6. The van der Waals surface area contributed by atoms with Gasteiger partial charge in [0, 0.05) is 31.6 Å². The summed E-state index contributed by atoms with van der Waals surface area (Å²) < 4.78 is 23.2. The van der Waals surface area contributed by atoms with E-state index >= 15 is 0 Å². The van der Waals surface area contributed by atoms with Crippen molar-refractivity contribution >= 4 is 30.0 Å². The number of ether oxygens (including phenoxy) is 4. The summed E-state index contributed by atoms with van der Waals surface area (Å²) in [5, 5.41) is 12.1. The number of aliphatic carboxylic acids is 1. The number of carbonyl (C=O) groups excluding carboxylic acids is 4. The van der Waals surface area contributed by atoms with Crippen molar-refractivity contribution in [2.45, 2.75) is 131 Å². The number of nitrogens with one attached hydrogen (secondary N) is 1. The zero-order valence-electron chi connectivity index (χ0n) is 28.2. The highest BCUT2D eigenvalue weighted by molar-refractivity contribution is 5.78. The zero-order chi connectivity index (χ0) is 33.5. The summed E-state index contributed by atoms with van der Waals surface area (Å²) in [7, 11) is 0. The molecular weight excluding hydrogens is 582 g/mol. The van der Waals surface area contributed by atoms with Gasteiger partial charge in [-0.2, -0.15) is 0 Å². The number of esters is 3. The molecule has 4 aliphatic carbocycles. The van der Waals surface area contributed by atoms with Crippen LogP contribution in [0.3, 0.4) is 0 Å². The third-order valence-electron chi connectivity index (χ3n) is 11.6. The van der Waals surface area contributed by atoms with Crippen molar-refractivity contribution in [3.05, 3.63) is 0 Å². The second kappa shape index (κ2) is 13.1. The van der Waals surface area contributed by atoms with Crippen molar-refractivity contribution in [1.82, 2.24) is 5.32 Å². The van der Waals surface area contributed by atoms with Gasteiger partial charge in [-0.15, -0.1) is 0 Å². The molecule has 0 saturated heterocycles. The van der Waals surface area contributed by atoms with E-state index in [2.05, 4.69) is 19.2 Å². The summed E-state index contributed by atoms with van der Waals surface area (Å²) in [6.45, 7) is 14.2. The van der Waals surface area contributed by atoms with Gasteiger partial charge in [0.2, 0.25) is 0 Å². The van der Waals surface area contributed by atoms with Gasteiger partial charge in [0.1, 0.15) is 30.5 Å². The van der Waals surface area contributed by atoms with Gasteiger partial charge < -0.3 is 29.4 Å². The summed E-state index contributed by atoms with van der Waals surface area (Å²) in [4.78, 5) is 61.3. The minimum atomic E-state index is -0.837. The monoisotopic (exact) mass is 635 g/mol. The Balaban J connectivity index is 1.56. The predicted octanol–water partition coefficient (Wildman–Crippen LogP) is 5.28. The van der Waals surface area contributed by atoms with Gasteiger partial charge >= 0.3 is 30.0 Å². The summed E-state index contributed by atoms with van der Waals surface area (Å²) >= 11 is 0. The number of carboxylic acid groups (broad SMARTS) is 1. The van der Waals surface area contributed by atoms with Gasteiger partial charge in [-0.1, -0.05) is 20.8 Å². The molecule has 1 amide bonds. The van der Waals surface area contributed by atoms with E-state index < -0.39 is 29.0 Å². The molecule has 11 nitrogen and oxygen atoms in total. The van der Waals surface area contributed by atoms with Crippen LogP contribution in [0, 0.1) is 46.3 Å². The average Bonchev–Trinajstić information content (AvgIpc) is 3.25. The summed E-state index contributed by atoms with van der Waals surface area (Å²) in [5.41, 5.74) is -1.29. The molecule has 254 valence electrons. The summed E-state index contributed by atoms with van der Waals surface area (Å²) in [6, 6.07) is 0. The molecule has 0 aromatic rings. The van der Waals surface area contributed by atoms with Crippen LogP contribution in [0.2, 0.25) is 0 Å². The number of fused-ring (bicyclic) bond motifs is 5. The van der Waals surface area contributed by atoms with Crippen LogP contribution in [-0.2, 0) is 38.1 Å². The highest BCUT2D eigenvalue weighted by Gasteiger charge is 2.67. The first kappa shape index (κ1) is 35.0. The van der Waals surface area contributed by atoms with Crippen molar-refractivity contribution in [2.24, 2.45) is 46.3 Å². The molecular formula is C34H53NO10. The van der Waals surface area contributed by atoms with Gasteiger partial charge in [0.25, 0.3) is 0 Å². The Morgan fingerprint density at radius 1 is 0.911 bits per heavy atom. The molecule has 0 aliphatic heterocycles. The smallest absolute Gasteiger partial charge is 0.408 e. The molecule has 4 fully saturated rings. The van der Waals surface area contributed by atoms with E-state index in [1.54, 1.807) is 20.8 Å². The molecule has 0 aromatic heterocycles. The van der Waals surface area contributed by atoms with E-state index in [0.717, 1.165) is 19.3 Å². The second-order valence-corrected chi connectivity index (χ2v) is 15.6. The molecule has 0 radical (unpaired) electrons. The van der Waals surface area contributed by atoms with Crippen molar-refractivity contribution in [1.29, 1.82) is 0 Å². The lowest BCUT2D eigenvalue weighted by Crippen LogP contribution is -2.63. The van der Waals surface area contributed by atoms with Crippen LogP contribution in [0.5, 0.6) is 0 Å². The Hall–Kier alpha value is -2.85. The molecule has 0 aromatic carbocycles. The lowest BCUT2D eigenvalue weighted by atomic mass is 9.43. The van der Waals surface area contributed by atoms with Crippen molar-refractivity contribution in [3.8, 4) is 0 Å². The topological polar surface area (TPSA) is 155 Å². The normalized spacial score (nSPS) is 38.0. The molecule has 0 heterocycles. The average molecular weight is 636 g/mol. The fourth-order valence-electron chi connectivity index (χ4n) is 9.99. The number of hydrogen-bond acceptors (Lipinski definition) is 9. The molecule has 11 atom stereocenters. The zero-order valence-corrected chi connectivity index (χ0v) is 28.2. The first-order chi connectivity index (χ1) is 20.8. The Labute approximate surface area is 266 Å². The van der Waals surface area contributed by atoms with E-state index in [1.165, 1.54) is 13.8 Å². The molecule has 0 bridgehead atoms. The van der Waals surface area contributed by atoms with E-state index in [4.69, 9.17) is 18.9 Å². The van der Waals surface area contributed by atoms with Crippen LogP contribution in [0.4, 0.5) is 4.79 Å². The maximum absolute atomic E-state index is 12.7. The fraction of sp³-hybridized carbons (Fsp3) is 0.853. The van der Waals surface area contributed by atoms with Gasteiger partial charge in [-0.3, -0.25) is 19.2 Å². The lowest BCUT2D eigenvalue weighted by molar-refractivity contribution is -0.224. The molecule has 4 rings (SSSR count). The first-order valence-corrected chi connectivity index (χ1v) is 16.6. The maximum Gasteiger partial charge on any atom is 0.408 e. The highest BCUT2D eigenvalue weighted by atomic mass is 16.6. The number of alkyl carbamates (subject to hydrolysis) is 1. The van der Waals surface area contributed by atoms with Gasteiger partial charge in [-0.25, -0.2) is 4.79 Å². The number of amides is 1. The Kier molecular flexibility index (Phi) is 10.2. The molecule has 0 unspecified atom stereocenters. The molecule has 2 N–H and O–H groups in total. The number of carboxylic acids is 1. The predicted molar refractivity (Wildman–Crippen MR) is 163 cm³/mol. The summed E-state index contributed by atoms with van der Waals surface area (Å²) in [5.74, 6) is -1.76. The quantitative estimate of drug-likeness (QED) is 0.266. The molecule has 0 spiro atoms. The summed E-state index contributed by atoms with van der Waals surface area (Å²) in [6.07, 6.45) is 3.30. The fourth-order valence-corrected chi connectivity index (χ4v) is 9.99. The molecule has 4 saturated carbocycles.